The summed E-state index contributed by atoms with van der Waals surface area (Å²) in [6.45, 7) is 5.63. The number of aromatic nitrogens is 2. The molecule has 0 aliphatic heterocycles. The largest absolute Gasteiger partial charge is 0.360 e. The molecular formula is C13H19N5OS. The van der Waals surface area contributed by atoms with Gasteiger partial charge in [-0.3, -0.25) is 4.79 Å². The number of nitrogens with zero attached hydrogens (tertiary/aromatic N) is 3. The summed E-state index contributed by atoms with van der Waals surface area (Å²) < 4.78 is 0. The second-order valence-corrected chi connectivity index (χ2v) is 5.22. The van der Waals surface area contributed by atoms with Gasteiger partial charge in [-0.15, -0.1) is 11.3 Å². The Morgan fingerprint density at radius 3 is 2.85 bits per heavy atom. The predicted octanol–water partition coefficient (Wildman–Crippen LogP) is 2.01. The fraction of sp³-hybridized carbons (Fsp3) is 0.462. The average molecular weight is 293 g/mol. The van der Waals surface area contributed by atoms with Gasteiger partial charge in [0.25, 0.3) is 0 Å². The van der Waals surface area contributed by atoms with Crippen molar-refractivity contribution in [3.63, 3.8) is 0 Å². The Balaban J connectivity index is 2.19. The summed E-state index contributed by atoms with van der Waals surface area (Å²) >= 11 is 1.56. The lowest BCUT2D eigenvalue weighted by Crippen LogP contribution is -2.32. The first-order valence-electron chi connectivity index (χ1n) is 6.62. The highest BCUT2D eigenvalue weighted by Crippen LogP contribution is 2.26. The maximum absolute atomic E-state index is 11.8. The third-order valence-electron chi connectivity index (χ3n) is 2.97. The molecule has 2 rings (SSSR count). The molecule has 0 atom stereocenters. The highest BCUT2D eigenvalue weighted by molar-refractivity contribution is 7.16. The first kappa shape index (κ1) is 14.5. The summed E-state index contributed by atoms with van der Waals surface area (Å²) in [6, 6.07) is 1.96. The van der Waals surface area contributed by atoms with E-state index in [0.717, 1.165) is 16.8 Å². The number of likely N-dealkylation sites (N-methyl/N-ethyl adjacent to an activating group) is 1. The van der Waals surface area contributed by atoms with Gasteiger partial charge in [0, 0.05) is 20.1 Å². The number of carbonyl (C=O) groups is 1. The molecule has 0 aliphatic carbocycles. The van der Waals surface area contributed by atoms with Crippen molar-refractivity contribution < 1.29 is 4.79 Å². The van der Waals surface area contributed by atoms with Crippen LogP contribution in [0.15, 0.2) is 11.4 Å². The van der Waals surface area contributed by atoms with E-state index in [-0.39, 0.29) is 12.5 Å². The van der Waals surface area contributed by atoms with Crippen molar-refractivity contribution in [2.75, 3.05) is 37.3 Å². The lowest BCUT2D eigenvalue weighted by atomic mass is 10.3. The molecule has 0 aromatic carbocycles. The van der Waals surface area contributed by atoms with Gasteiger partial charge in [0.1, 0.15) is 10.6 Å². The van der Waals surface area contributed by atoms with Crippen LogP contribution in [0.25, 0.3) is 10.2 Å². The zero-order valence-corrected chi connectivity index (χ0v) is 12.8. The van der Waals surface area contributed by atoms with Gasteiger partial charge in [-0.2, -0.15) is 4.98 Å². The standard InChI is InChI=1S/C13H19N5OS/c1-4-14-13-16-11(9-6-7-20-12(9)17-13)15-8-10(19)18(3)5-2/h6-7H,4-5,8H2,1-3H3,(H2,14,15,16,17). The van der Waals surface area contributed by atoms with Gasteiger partial charge in [0.2, 0.25) is 11.9 Å². The molecule has 0 unspecified atom stereocenters. The molecule has 0 radical (unpaired) electrons. The van der Waals surface area contributed by atoms with Crippen molar-refractivity contribution >= 4 is 39.2 Å². The molecular weight excluding hydrogens is 274 g/mol. The van der Waals surface area contributed by atoms with Crippen LogP contribution in [-0.2, 0) is 4.79 Å². The minimum atomic E-state index is 0.0412. The third kappa shape index (κ3) is 3.16. The average Bonchev–Trinajstić information content (AvgIpc) is 2.92. The molecule has 0 aliphatic rings. The van der Waals surface area contributed by atoms with E-state index in [1.807, 2.05) is 25.3 Å². The zero-order valence-electron chi connectivity index (χ0n) is 11.9. The van der Waals surface area contributed by atoms with E-state index < -0.39 is 0 Å². The maximum atomic E-state index is 11.8. The summed E-state index contributed by atoms with van der Waals surface area (Å²) in [6.07, 6.45) is 0. The minimum absolute atomic E-state index is 0.0412. The fourth-order valence-corrected chi connectivity index (χ4v) is 2.46. The van der Waals surface area contributed by atoms with Gasteiger partial charge >= 0.3 is 0 Å². The molecule has 108 valence electrons. The second kappa shape index (κ2) is 6.51. The molecule has 6 nitrogen and oxygen atoms in total. The Kier molecular flexibility index (Phi) is 4.73. The molecule has 2 aromatic heterocycles. The Hall–Kier alpha value is -1.89. The maximum Gasteiger partial charge on any atom is 0.241 e. The molecule has 20 heavy (non-hydrogen) atoms. The Labute approximate surface area is 122 Å². The quantitative estimate of drug-likeness (QED) is 0.852. The molecule has 1 amide bonds. The summed E-state index contributed by atoms with van der Waals surface area (Å²) in [4.78, 5) is 23.3. The SMILES string of the molecule is CCNc1nc(NCC(=O)N(C)CC)c2ccsc2n1. The Morgan fingerprint density at radius 2 is 2.15 bits per heavy atom. The monoisotopic (exact) mass is 293 g/mol. The Morgan fingerprint density at radius 1 is 1.35 bits per heavy atom. The predicted molar refractivity (Wildman–Crippen MR) is 83.4 cm³/mol. The highest BCUT2D eigenvalue weighted by atomic mass is 32.1. The summed E-state index contributed by atoms with van der Waals surface area (Å²) in [5.41, 5.74) is 0. The van der Waals surface area contributed by atoms with Crippen LogP contribution in [0.2, 0.25) is 0 Å². The van der Waals surface area contributed by atoms with Gasteiger partial charge in [0.05, 0.1) is 11.9 Å². The van der Waals surface area contributed by atoms with E-state index in [1.54, 1.807) is 23.3 Å². The number of hydrogen-bond donors (Lipinski definition) is 2. The minimum Gasteiger partial charge on any atom is -0.360 e. The number of rotatable bonds is 6. The number of anilines is 2. The van der Waals surface area contributed by atoms with Crippen LogP contribution in [0.4, 0.5) is 11.8 Å². The zero-order chi connectivity index (χ0) is 14.5. The summed E-state index contributed by atoms with van der Waals surface area (Å²) in [5.74, 6) is 1.32. The first-order valence-corrected chi connectivity index (χ1v) is 7.50. The number of carbonyl (C=O) groups excluding carboxylic acids is 1. The summed E-state index contributed by atoms with van der Waals surface area (Å²) in [5, 5.41) is 9.13. The Bertz CT molecular complexity index is 597. The molecule has 0 fully saturated rings. The molecule has 2 N–H and O–H groups in total. The molecule has 2 aromatic rings. The number of nitrogens with one attached hydrogen (secondary N) is 2. The smallest absolute Gasteiger partial charge is 0.241 e. The van der Waals surface area contributed by atoms with E-state index in [1.165, 1.54) is 0 Å². The summed E-state index contributed by atoms with van der Waals surface area (Å²) in [7, 11) is 1.79. The van der Waals surface area contributed by atoms with Crippen molar-refractivity contribution in [2.24, 2.45) is 0 Å². The van der Waals surface area contributed by atoms with Gasteiger partial charge < -0.3 is 15.5 Å². The molecule has 0 saturated heterocycles. The van der Waals surface area contributed by atoms with Gasteiger partial charge in [-0.05, 0) is 25.3 Å². The highest BCUT2D eigenvalue weighted by Gasteiger charge is 2.11. The number of hydrogen-bond acceptors (Lipinski definition) is 6. The van der Waals surface area contributed by atoms with Crippen LogP contribution in [-0.4, -0.2) is 47.5 Å². The van der Waals surface area contributed by atoms with Crippen molar-refractivity contribution in [3.05, 3.63) is 11.4 Å². The number of amides is 1. The van der Waals surface area contributed by atoms with Crippen molar-refractivity contribution in [2.45, 2.75) is 13.8 Å². The van der Waals surface area contributed by atoms with E-state index in [9.17, 15) is 4.79 Å². The van der Waals surface area contributed by atoms with Crippen LogP contribution in [0.1, 0.15) is 13.8 Å². The topological polar surface area (TPSA) is 70.2 Å². The van der Waals surface area contributed by atoms with Crippen LogP contribution in [0, 0.1) is 0 Å². The third-order valence-corrected chi connectivity index (χ3v) is 3.77. The molecule has 7 heteroatoms. The van der Waals surface area contributed by atoms with Gasteiger partial charge in [0.15, 0.2) is 0 Å². The molecule has 0 saturated carbocycles. The fourth-order valence-electron chi connectivity index (χ4n) is 1.70. The number of fused-ring (bicyclic) bond motifs is 1. The molecule has 0 bridgehead atoms. The number of thiophene rings is 1. The van der Waals surface area contributed by atoms with Crippen LogP contribution in [0.5, 0.6) is 0 Å². The van der Waals surface area contributed by atoms with Crippen molar-refractivity contribution in [1.29, 1.82) is 0 Å². The molecule has 2 heterocycles. The molecule has 0 spiro atoms. The van der Waals surface area contributed by atoms with Crippen LogP contribution in [0.3, 0.4) is 0 Å². The lowest BCUT2D eigenvalue weighted by Gasteiger charge is -2.15. The van der Waals surface area contributed by atoms with Gasteiger partial charge in [-0.1, -0.05) is 0 Å². The van der Waals surface area contributed by atoms with Crippen molar-refractivity contribution in [3.8, 4) is 0 Å². The normalized spacial score (nSPS) is 10.6. The van der Waals surface area contributed by atoms with Crippen LogP contribution < -0.4 is 10.6 Å². The van der Waals surface area contributed by atoms with E-state index in [4.69, 9.17) is 0 Å². The van der Waals surface area contributed by atoms with E-state index >= 15 is 0 Å². The van der Waals surface area contributed by atoms with Crippen molar-refractivity contribution in [1.82, 2.24) is 14.9 Å². The second-order valence-electron chi connectivity index (χ2n) is 4.33. The van der Waals surface area contributed by atoms with E-state index in [2.05, 4.69) is 20.6 Å². The first-order chi connectivity index (χ1) is 9.65. The lowest BCUT2D eigenvalue weighted by molar-refractivity contribution is -0.127. The van der Waals surface area contributed by atoms with E-state index in [0.29, 0.717) is 18.3 Å². The van der Waals surface area contributed by atoms with Gasteiger partial charge in [-0.25, -0.2) is 4.98 Å². The van der Waals surface area contributed by atoms with Crippen LogP contribution >= 0.6 is 11.3 Å².